The number of para-hydroxylation sites is 1. The normalized spacial score (nSPS) is 15.6. The van der Waals surface area contributed by atoms with Crippen LogP contribution in [0.1, 0.15) is 29.3 Å². The first kappa shape index (κ1) is 19.4. The molecular weight excluding hydrogens is 404 g/mol. The van der Waals surface area contributed by atoms with E-state index in [0.717, 1.165) is 29.4 Å². The van der Waals surface area contributed by atoms with E-state index >= 15 is 0 Å². The Morgan fingerprint density at radius 1 is 1.21 bits per heavy atom. The highest BCUT2D eigenvalue weighted by atomic mass is 32.2. The molecule has 2 aromatic carbocycles. The van der Waals surface area contributed by atoms with Crippen molar-refractivity contribution in [3.05, 3.63) is 70.8 Å². The Labute approximate surface area is 177 Å². The summed E-state index contributed by atoms with van der Waals surface area (Å²) in [5.74, 6) is -1.29. The molecule has 0 radical (unpaired) electrons. The standard InChI is InChI=1S/C22H18N2O3S2/c1-2-10-23-13-15(17-8-3-4-9-18(17)23)12-19-20(25)24(22(28)29-19)16-7-5-6-14(11-16)21(26)27/h3-9,11-13H,2,10H2,1H3,(H,26,27)/b19-12+. The number of hydrogen-bond acceptors (Lipinski definition) is 4. The third kappa shape index (κ3) is 3.59. The maximum atomic E-state index is 13.1. The highest BCUT2D eigenvalue weighted by molar-refractivity contribution is 8.27. The van der Waals surface area contributed by atoms with Gasteiger partial charge in [-0.1, -0.05) is 55.2 Å². The molecular formula is C22H18N2O3S2. The maximum absolute atomic E-state index is 13.1. The predicted molar refractivity (Wildman–Crippen MR) is 121 cm³/mol. The number of aromatic nitrogens is 1. The molecule has 0 spiro atoms. The van der Waals surface area contributed by atoms with Crippen LogP contribution in [0.3, 0.4) is 0 Å². The summed E-state index contributed by atoms with van der Waals surface area (Å²) >= 11 is 6.65. The highest BCUT2D eigenvalue weighted by Crippen LogP contribution is 2.37. The number of thioether (sulfide) groups is 1. The quantitative estimate of drug-likeness (QED) is 0.455. The van der Waals surface area contributed by atoms with E-state index in [9.17, 15) is 14.7 Å². The molecule has 1 aliphatic heterocycles. The molecule has 1 N–H and O–H groups in total. The zero-order chi connectivity index (χ0) is 20.5. The van der Waals surface area contributed by atoms with Gasteiger partial charge in [-0.3, -0.25) is 9.69 Å². The van der Waals surface area contributed by atoms with Gasteiger partial charge in [0.1, 0.15) is 0 Å². The van der Waals surface area contributed by atoms with Crippen LogP contribution in [0.25, 0.3) is 17.0 Å². The summed E-state index contributed by atoms with van der Waals surface area (Å²) in [6.45, 7) is 3.03. The number of nitrogens with zero attached hydrogens (tertiary/aromatic N) is 2. The van der Waals surface area contributed by atoms with E-state index in [4.69, 9.17) is 12.2 Å². The molecule has 0 atom stereocenters. The van der Waals surface area contributed by atoms with Gasteiger partial charge >= 0.3 is 5.97 Å². The molecule has 29 heavy (non-hydrogen) atoms. The lowest BCUT2D eigenvalue weighted by Gasteiger charge is -2.14. The smallest absolute Gasteiger partial charge is 0.335 e. The van der Waals surface area contributed by atoms with Gasteiger partial charge in [-0.2, -0.15) is 0 Å². The Morgan fingerprint density at radius 2 is 2.00 bits per heavy atom. The van der Waals surface area contributed by atoms with Crippen LogP contribution in [0.2, 0.25) is 0 Å². The second-order valence-electron chi connectivity index (χ2n) is 6.67. The van der Waals surface area contributed by atoms with Crippen LogP contribution >= 0.6 is 24.0 Å². The third-order valence-corrected chi connectivity index (χ3v) is 6.02. The van der Waals surface area contributed by atoms with Gasteiger partial charge in [0, 0.05) is 29.2 Å². The number of rotatable bonds is 5. The van der Waals surface area contributed by atoms with Gasteiger partial charge in [-0.05, 0) is 36.8 Å². The van der Waals surface area contributed by atoms with E-state index < -0.39 is 5.97 Å². The van der Waals surface area contributed by atoms with Crippen molar-refractivity contribution >= 4 is 62.8 Å². The van der Waals surface area contributed by atoms with Gasteiger partial charge < -0.3 is 9.67 Å². The summed E-state index contributed by atoms with van der Waals surface area (Å²) in [6, 6.07) is 14.4. The number of carbonyl (C=O) groups excluding carboxylic acids is 1. The minimum absolute atomic E-state index is 0.114. The molecule has 0 aliphatic carbocycles. The third-order valence-electron chi connectivity index (χ3n) is 4.72. The van der Waals surface area contributed by atoms with Crippen molar-refractivity contribution in [1.82, 2.24) is 4.57 Å². The maximum Gasteiger partial charge on any atom is 0.335 e. The van der Waals surface area contributed by atoms with Crippen LogP contribution in [-0.2, 0) is 11.3 Å². The van der Waals surface area contributed by atoms with E-state index in [1.54, 1.807) is 12.1 Å². The number of amides is 1. The van der Waals surface area contributed by atoms with Crippen LogP contribution in [0.5, 0.6) is 0 Å². The van der Waals surface area contributed by atoms with Crippen LogP contribution in [0.15, 0.2) is 59.6 Å². The largest absolute Gasteiger partial charge is 0.478 e. The molecule has 2 heterocycles. The van der Waals surface area contributed by atoms with E-state index in [1.165, 1.54) is 28.8 Å². The molecule has 1 aliphatic rings. The van der Waals surface area contributed by atoms with E-state index in [0.29, 0.717) is 14.9 Å². The number of fused-ring (bicyclic) bond motifs is 1. The monoisotopic (exact) mass is 422 g/mol. The molecule has 0 bridgehead atoms. The number of carboxylic acids is 1. The van der Waals surface area contributed by atoms with Crippen molar-refractivity contribution in [2.45, 2.75) is 19.9 Å². The average molecular weight is 423 g/mol. The fourth-order valence-electron chi connectivity index (χ4n) is 3.43. The van der Waals surface area contributed by atoms with Gasteiger partial charge in [0.2, 0.25) is 0 Å². The van der Waals surface area contributed by atoms with Gasteiger partial charge in [0.15, 0.2) is 4.32 Å². The Bertz CT molecular complexity index is 1180. The summed E-state index contributed by atoms with van der Waals surface area (Å²) < 4.78 is 2.58. The zero-order valence-corrected chi connectivity index (χ0v) is 17.3. The molecule has 7 heteroatoms. The second-order valence-corrected chi connectivity index (χ2v) is 8.34. The number of anilines is 1. The van der Waals surface area contributed by atoms with Crippen molar-refractivity contribution < 1.29 is 14.7 Å². The summed E-state index contributed by atoms with van der Waals surface area (Å²) in [7, 11) is 0. The first-order valence-electron chi connectivity index (χ1n) is 9.18. The molecule has 1 amide bonds. The van der Waals surface area contributed by atoms with E-state index in [1.807, 2.05) is 24.3 Å². The molecule has 146 valence electrons. The number of aryl methyl sites for hydroxylation is 1. The molecule has 1 saturated heterocycles. The average Bonchev–Trinajstić information content (AvgIpc) is 3.19. The number of carbonyl (C=O) groups is 2. The van der Waals surface area contributed by atoms with Crippen molar-refractivity contribution in [3.8, 4) is 0 Å². The van der Waals surface area contributed by atoms with Crippen LogP contribution in [-0.4, -0.2) is 25.9 Å². The van der Waals surface area contributed by atoms with Crippen molar-refractivity contribution in [3.63, 3.8) is 0 Å². The summed E-state index contributed by atoms with van der Waals surface area (Å²) in [5, 5.41) is 10.3. The minimum Gasteiger partial charge on any atom is -0.478 e. The highest BCUT2D eigenvalue weighted by Gasteiger charge is 2.33. The van der Waals surface area contributed by atoms with Gasteiger partial charge in [0.05, 0.1) is 16.2 Å². The molecule has 0 saturated carbocycles. The van der Waals surface area contributed by atoms with Crippen LogP contribution in [0.4, 0.5) is 5.69 Å². The number of hydrogen-bond donors (Lipinski definition) is 1. The Kier molecular flexibility index (Phi) is 5.25. The molecule has 3 aromatic rings. The first-order valence-corrected chi connectivity index (χ1v) is 10.4. The van der Waals surface area contributed by atoms with E-state index in [-0.39, 0.29) is 11.5 Å². The lowest BCUT2D eigenvalue weighted by atomic mass is 10.1. The second kappa shape index (κ2) is 7.85. The fraction of sp³-hybridized carbons (Fsp3) is 0.136. The van der Waals surface area contributed by atoms with Crippen LogP contribution in [0, 0.1) is 0 Å². The topological polar surface area (TPSA) is 62.5 Å². The summed E-state index contributed by atoms with van der Waals surface area (Å²) in [6.07, 6.45) is 4.95. The first-order chi connectivity index (χ1) is 14.0. The summed E-state index contributed by atoms with van der Waals surface area (Å²) in [4.78, 5) is 26.2. The van der Waals surface area contributed by atoms with Crippen molar-refractivity contribution in [2.24, 2.45) is 0 Å². The lowest BCUT2D eigenvalue weighted by molar-refractivity contribution is -0.113. The predicted octanol–water partition coefficient (Wildman–Crippen LogP) is 5.16. The van der Waals surface area contributed by atoms with Crippen molar-refractivity contribution in [2.75, 3.05) is 4.90 Å². The van der Waals surface area contributed by atoms with Gasteiger partial charge in [-0.25, -0.2) is 4.79 Å². The SMILES string of the molecule is CCCn1cc(/C=C2/SC(=S)N(c3cccc(C(=O)O)c3)C2=O)c2ccccc21. The number of benzene rings is 2. The van der Waals surface area contributed by atoms with Crippen LogP contribution < -0.4 is 4.90 Å². The number of aromatic carboxylic acids is 1. The Balaban J connectivity index is 1.73. The molecule has 5 nitrogen and oxygen atoms in total. The number of carboxylic acid groups (broad SMARTS) is 1. The summed E-state index contributed by atoms with van der Waals surface area (Å²) in [5.41, 5.74) is 2.67. The molecule has 1 aromatic heterocycles. The number of thiocarbonyl (C=S) groups is 1. The van der Waals surface area contributed by atoms with Gasteiger partial charge in [-0.15, -0.1) is 0 Å². The lowest BCUT2D eigenvalue weighted by Crippen LogP contribution is -2.27. The Morgan fingerprint density at radius 3 is 2.76 bits per heavy atom. The molecule has 0 unspecified atom stereocenters. The zero-order valence-electron chi connectivity index (χ0n) is 15.7. The molecule has 1 fully saturated rings. The fourth-order valence-corrected chi connectivity index (χ4v) is 4.72. The van der Waals surface area contributed by atoms with Crippen molar-refractivity contribution in [1.29, 1.82) is 0 Å². The van der Waals surface area contributed by atoms with Gasteiger partial charge in [0.25, 0.3) is 5.91 Å². The van der Waals surface area contributed by atoms with E-state index in [2.05, 4.69) is 23.8 Å². The minimum atomic E-state index is -1.04. The molecule has 4 rings (SSSR count). The Hall–Kier alpha value is -2.90.